The molecule has 1 aromatic heterocycles. The smallest absolute Gasteiger partial charge is 0.0820 e. The van der Waals surface area contributed by atoms with E-state index >= 15 is 0 Å². The van der Waals surface area contributed by atoms with E-state index in [0.717, 1.165) is 23.5 Å². The molecule has 0 bridgehead atoms. The molecule has 1 N–H and O–H groups in total. The average Bonchev–Trinajstić information content (AvgIpc) is 3.18. The molecule has 0 aliphatic heterocycles. The highest BCUT2D eigenvalue weighted by Gasteiger charge is 2.32. The molecule has 20 heavy (non-hydrogen) atoms. The number of nitrogens with one attached hydrogen (secondary N) is 1. The van der Waals surface area contributed by atoms with Gasteiger partial charge < -0.3 is 5.32 Å². The Balaban J connectivity index is 1.79. The van der Waals surface area contributed by atoms with E-state index in [2.05, 4.69) is 28.9 Å². The third-order valence-electron chi connectivity index (χ3n) is 4.78. The standard InChI is InChI=1S/C16H26ClN3/c1-11(2)20-16(15(17)10-19-20)14-6-4-3-5-12(14)9-18-13-7-8-13/h10-14,18H,3-9H2,1-2H3. The molecule has 2 atom stereocenters. The van der Waals surface area contributed by atoms with Crippen molar-refractivity contribution in [3.05, 3.63) is 16.9 Å². The normalized spacial score (nSPS) is 27.2. The Kier molecular flexibility index (Phi) is 4.37. The summed E-state index contributed by atoms with van der Waals surface area (Å²) in [6.45, 7) is 5.52. The van der Waals surface area contributed by atoms with E-state index in [1.807, 2.05) is 6.20 Å². The van der Waals surface area contributed by atoms with Gasteiger partial charge in [-0.3, -0.25) is 4.68 Å². The zero-order valence-corrected chi connectivity index (χ0v) is 13.4. The van der Waals surface area contributed by atoms with Crippen molar-refractivity contribution in [1.82, 2.24) is 15.1 Å². The van der Waals surface area contributed by atoms with Gasteiger partial charge in [0.2, 0.25) is 0 Å². The Bertz CT molecular complexity index is 451. The van der Waals surface area contributed by atoms with E-state index in [9.17, 15) is 0 Å². The summed E-state index contributed by atoms with van der Waals surface area (Å²) in [5, 5.41) is 9.07. The third-order valence-corrected chi connectivity index (χ3v) is 5.07. The van der Waals surface area contributed by atoms with Gasteiger partial charge in [-0.2, -0.15) is 5.10 Å². The molecule has 3 nitrogen and oxygen atoms in total. The molecule has 0 aromatic carbocycles. The van der Waals surface area contributed by atoms with Gasteiger partial charge in [0.25, 0.3) is 0 Å². The molecule has 2 unspecified atom stereocenters. The van der Waals surface area contributed by atoms with Gasteiger partial charge in [-0.05, 0) is 52.0 Å². The van der Waals surface area contributed by atoms with Crippen LogP contribution in [0.2, 0.25) is 5.02 Å². The fourth-order valence-electron chi connectivity index (χ4n) is 3.53. The largest absolute Gasteiger partial charge is 0.314 e. The summed E-state index contributed by atoms with van der Waals surface area (Å²) in [7, 11) is 0. The predicted molar refractivity (Wildman–Crippen MR) is 83.3 cm³/mol. The molecule has 112 valence electrons. The molecule has 0 radical (unpaired) electrons. The van der Waals surface area contributed by atoms with E-state index in [1.165, 1.54) is 44.2 Å². The van der Waals surface area contributed by atoms with Crippen LogP contribution in [-0.2, 0) is 0 Å². The monoisotopic (exact) mass is 295 g/mol. The molecule has 1 aromatic rings. The summed E-state index contributed by atoms with van der Waals surface area (Å²) in [4.78, 5) is 0. The highest BCUT2D eigenvalue weighted by atomic mass is 35.5. The highest BCUT2D eigenvalue weighted by Crippen LogP contribution is 2.41. The van der Waals surface area contributed by atoms with Crippen molar-refractivity contribution in [2.24, 2.45) is 5.92 Å². The van der Waals surface area contributed by atoms with Crippen LogP contribution in [0.1, 0.15) is 70.0 Å². The van der Waals surface area contributed by atoms with E-state index in [4.69, 9.17) is 11.6 Å². The summed E-state index contributed by atoms with van der Waals surface area (Å²) in [6.07, 6.45) is 9.82. The highest BCUT2D eigenvalue weighted by molar-refractivity contribution is 6.31. The minimum atomic E-state index is 0.386. The Morgan fingerprint density at radius 2 is 2.05 bits per heavy atom. The van der Waals surface area contributed by atoms with E-state index in [-0.39, 0.29) is 0 Å². The molecule has 2 fully saturated rings. The van der Waals surface area contributed by atoms with Gasteiger partial charge in [-0.25, -0.2) is 0 Å². The van der Waals surface area contributed by atoms with Gasteiger partial charge in [0.15, 0.2) is 0 Å². The molecule has 2 aliphatic rings. The first kappa shape index (κ1) is 14.4. The van der Waals surface area contributed by atoms with Crippen LogP contribution < -0.4 is 5.32 Å². The second kappa shape index (κ2) is 6.07. The molecule has 0 spiro atoms. The van der Waals surface area contributed by atoms with Crippen molar-refractivity contribution in [2.75, 3.05) is 6.54 Å². The van der Waals surface area contributed by atoms with Crippen LogP contribution in [0, 0.1) is 5.92 Å². The number of hydrogen-bond acceptors (Lipinski definition) is 2. The molecular weight excluding hydrogens is 270 g/mol. The van der Waals surface area contributed by atoms with Crippen molar-refractivity contribution < 1.29 is 0 Å². The minimum absolute atomic E-state index is 0.386. The number of halogens is 1. The maximum atomic E-state index is 6.46. The second-order valence-corrected chi connectivity index (χ2v) is 7.16. The maximum absolute atomic E-state index is 6.46. The third kappa shape index (κ3) is 3.04. The molecule has 4 heteroatoms. The summed E-state index contributed by atoms with van der Waals surface area (Å²) < 4.78 is 2.14. The average molecular weight is 296 g/mol. The number of rotatable bonds is 5. The molecule has 2 aliphatic carbocycles. The summed E-state index contributed by atoms with van der Waals surface area (Å²) in [5.74, 6) is 1.29. The Morgan fingerprint density at radius 1 is 1.30 bits per heavy atom. The van der Waals surface area contributed by atoms with Crippen LogP contribution in [0.3, 0.4) is 0 Å². The SMILES string of the molecule is CC(C)n1ncc(Cl)c1C1CCCCC1CNC1CC1. The fraction of sp³-hybridized carbons (Fsp3) is 0.812. The van der Waals surface area contributed by atoms with Gasteiger partial charge in [0, 0.05) is 18.0 Å². The van der Waals surface area contributed by atoms with Crippen LogP contribution >= 0.6 is 11.6 Å². The lowest BCUT2D eigenvalue weighted by atomic mass is 9.77. The zero-order valence-electron chi connectivity index (χ0n) is 12.6. The number of nitrogens with zero attached hydrogens (tertiary/aromatic N) is 2. The lowest BCUT2D eigenvalue weighted by molar-refractivity contribution is 0.279. The second-order valence-electron chi connectivity index (χ2n) is 6.75. The minimum Gasteiger partial charge on any atom is -0.314 e. The number of aromatic nitrogens is 2. The molecular formula is C16H26ClN3. The van der Waals surface area contributed by atoms with Gasteiger partial charge in [0.05, 0.1) is 16.9 Å². The summed E-state index contributed by atoms with van der Waals surface area (Å²) in [6, 6.07) is 1.18. The van der Waals surface area contributed by atoms with Crippen molar-refractivity contribution in [3.63, 3.8) is 0 Å². The van der Waals surface area contributed by atoms with Crippen molar-refractivity contribution in [2.45, 2.75) is 70.4 Å². The molecule has 0 amide bonds. The Labute approximate surface area is 127 Å². The van der Waals surface area contributed by atoms with E-state index in [0.29, 0.717) is 12.0 Å². The first-order chi connectivity index (χ1) is 9.66. The van der Waals surface area contributed by atoms with Crippen LogP contribution in [0.4, 0.5) is 0 Å². The van der Waals surface area contributed by atoms with Crippen LogP contribution in [-0.4, -0.2) is 22.4 Å². The summed E-state index contributed by atoms with van der Waals surface area (Å²) >= 11 is 6.46. The van der Waals surface area contributed by atoms with E-state index < -0.39 is 0 Å². The fourth-order valence-corrected chi connectivity index (χ4v) is 3.80. The van der Waals surface area contributed by atoms with Crippen LogP contribution in [0.15, 0.2) is 6.20 Å². The van der Waals surface area contributed by atoms with E-state index in [1.54, 1.807) is 0 Å². The molecule has 1 heterocycles. The quantitative estimate of drug-likeness (QED) is 0.884. The van der Waals surface area contributed by atoms with Gasteiger partial charge >= 0.3 is 0 Å². The summed E-state index contributed by atoms with van der Waals surface area (Å²) in [5.41, 5.74) is 1.28. The van der Waals surface area contributed by atoms with Crippen molar-refractivity contribution in [1.29, 1.82) is 0 Å². The first-order valence-electron chi connectivity index (χ1n) is 8.13. The maximum Gasteiger partial charge on any atom is 0.0820 e. The Hall–Kier alpha value is -0.540. The molecule has 3 rings (SSSR count). The van der Waals surface area contributed by atoms with Gasteiger partial charge in [0.1, 0.15) is 0 Å². The lowest BCUT2D eigenvalue weighted by Crippen LogP contribution is -2.32. The number of hydrogen-bond donors (Lipinski definition) is 1. The molecule has 0 saturated heterocycles. The van der Waals surface area contributed by atoms with Gasteiger partial charge in [-0.15, -0.1) is 0 Å². The van der Waals surface area contributed by atoms with Crippen molar-refractivity contribution >= 4 is 11.6 Å². The van der Waals surface area contributed by atoms with Crippen molar-refractivity contribution in [3.8, 4) is 0 Å². The molecule has 2 saturated carbocycles. The lowest BCUT2D eigenvalue weighted by Gasteiger charge is -2.33. The van der Waals surface area contributed by atoms with Gasteiger partial charge in [-0.1, -0.05) is 24.4 Å². The predicted octanol–water partition coefficient (Wildman–Crippen LogP) is 4.14. The first-order valence-corrected chi connectivity index (χ1v) is 8.51. The topological polar surface area (TPSA) is 29.9 Å². The Morgan fingerprint density at radius 3 is 2.75 bits per heavy atom. The van der Waals surface area contributed by atoms with Crippen LogP contribution in [0.5, 0.6) is 0 Å². The zero-order chi connectivity index (χ0) is 14.1. The van der Waals surface area contributed by atoms with Crippen LogP contribution in [0.25, 0.3) is 0 Å².